The van der Waals surface area contributed by atoms with Crippen LogP contribution in [0.2, 0.25) is 0 Å². The third kappa shape index (κ3) is 18.5. The number of carbonyl (C=O) groups excluding carboxylic acids is 2. The number of amides is 2. The predicted molar refractivity (Wildman–Crippen MR) is 202 cm³/mol. The van der Waals surface area contributed by atoms with E-state index in [-0.39, 0.29) is 18.4 Å². The summed E-state index contributed by atoms with van der Waals surface area (Å²) in [4.78, 5) is 27.3. The van der Waals surface area contributed by atoms with Gasteiger partial charge in [-0.15, -0.1) is 0 Å². The lowest BCUT2D eigenvalue weighted by molar-refractivity contribution is -0.291. The number of ether oxygens (including phenoxy) is 2. The molecule has 0 spiro atoms. The molecule has 2 rings (SSSR count). The maximum Gasteiger partial charge on any atom is 0.224 e. The number of methoxy groups -OCH3 is 1. The van der Waals surface area contributed by atoms with E-state index in [9.17, 15) is 24.9 Å². The SMILES string of the molecule is CCCCCCCCCCCCCCCCCC(=O)N(CCCCc1ccc(NC(=O)CCCCC)cc1)C[C@H]1O[C@H](OC)[C@H](O)[C@@H](O)[C@@H]1O. The second-order valence-electron chi connectivity index (χ2n) is 14.4. The molecule has 1 heterocycles. The molecular formula is C41H72N2O7. The van der Waals surface area contributed by atoms with Gasteiger partial charge in [0.05, 0.1) is 0 Å². The van der Waals surface area contributed by atoms with Gasteiger partial charge in [-0.05, 0) is 49.8 Å². The summed E-state index contributed by atoms with van der Waals surface area (Å²) in [7, 11) is 1.38. The van der Waals surface area contributed by atoms with Gasteiger partial charge < -0.3 is 35.0 Å². The van der Waals surface area contributed by atoms with Crippen molar-refractivity contribution >= 4 is 17.5 Å². The van der Waals surface area contributed by atoms with E-state index >= 15 is 0 Å². The van der Waals surface area contributed by atoms with E-state index in [0.29, 0.717) is 19.4 Å². The van der Waals surface area contributed by atoms with E-state index in [4.69, 9.17) is 9.47 Å². The van der Waals surface area contributed by atoms with Gasteiger partial charge in [0.1, 0.15) is 24.4 Å². The van der Waals surface area contributed by atoms with Crippen molar-refractivity contribution in [3.63, 3.8) is 0 Å². The predicted octanol–water partition coefficient (Wildman–Crippen LogP) is 8.07. The van der Waals surface area contributed by atoms with Gasteiger partial charge in [0.25, 0.3) is 0 Å². The highest BCUT2D eigenvalue weighted by Gasteiger charge is 2.44. The van der Waals surface area contributed by atoms with Crippen LogP contribution >= 0.6 is 0 Å². The molecule has 0 saturated carbocycles. The number of nitrogens with one attached hydrogen (secondary N) is 1. The molecule has 0 aromatic heterocycles. The monoisotopic (exact) mass is 705 g/mol. The lowest BCUT2D eigenvalue weighted by Crippen LogP contribution is -2.60. The Balaban J connectivity index is 1.75. The number of carbonyl (C=O) groups is 2. The van der Waals surface area contributed by atoms with Crippen LogP contribution in [0, 0.1) is 0 Å². The summed E-state index contributed by atoms with van der Waals surface area (Å²) in [6.07, 6.45) is 19.5. The Hall–Kier alpha value is -2.04. The molecule has 1 aromatic carbocycles. The Morgan fingerprint density at radius 2 is 1.20 bits per heavy atom. The first-order valence-electron chi connectivity index (χ1n) is 20.2. The van der Waals surface area contributed by atoms with Crippen LogP contribution in [0.25, 0.3) is 0 Å². The maximum atomic E-state index is 13.4. The Kier molecular flexibility index (Phi) is 24.3. The number of nitrogens with zero attached hydrogens (tertiary/aromatic N) is 1. The van der Waals surface area contributed by atoms with Crippen LogP contribution in [0.15, 0.2) is 24.3 Å². The second kappa shape index (κ2) is 27.6. The minimum Gasteiger partial charge on any atom is -0.388 e. The smallest absolute Gasteiger partial charge is 0.224 e. The van der Waals surface area contributed by atoms with Crippen molar-refractivity contribution in [1.82, 2.24) is 4.90 Å². The molecule has 4 N–H and O–H groups in total. The zero-order valence-electron chi connectivity index (χ0n) is 31.8. The number of hydrogen-bond acceptors (Lipinski definition) is 7. The molecule has 0 unspecified atom stereocenters. The van der Waals surface area contributed by atoms with Gasteiger partial charge in [0, 0.05) is 38.7 Å². The summed E-state index contributed by atoms with van der Waals surface area (Å²) in [6, 6.07) is 7.94. The largest absolute Gasteiger partial charge is 0.388 e. The fourth-order valence-corrected chi connectivity index (χ4v) is 6.75. The maximum absolute atomic E-state index is 13.4. The van der Waals surface area contributed by atoms with Gasteiger partial charge in [-0.3, -0.25) is 9.59 Å². The standard InChI is InChI=1S/C41H72N2O7/c1-4-6-8-9-10-11-12-13-14-15-16-17-18-19-21-26-37(45)43(32-35-38(46)39(47)40(48)41(49-3)50-35)31-23-22-24-33-27-29-34(30-28-33)42-36(44)25-20-7-5-2/h27-30,35,38-41,46-48H,4-26,31-32H2,1-3H3,(H,42,44)/t35-,38-,39+,40-,41+/m1/s1. The van der Waals surface area contributed by atoms with E-state index in [1.54, 1.807) is 4.90 Å². The van der Waals surface area contributed by atoms with E-state index in [1.807, 2.05) is 24.3 Å². The Morgan fingerprint density at radius 3 is 1.76 bits per heavy atom. The summed E-state index contributed by atoms with van der Waals surface area (Å²) in [6.45, 7) is 5.01. The van der Waals surface area contributed by atoms with E-state index in [2.05, 4.69) is 19.2 Å². The van der Waals surface area contributed by atoms with Gasteiger partial charge in [-0.25, -0.2) is 0 Å². The molecule has 9 nitrogen and oxygen atoms in total. The molecule has 1 aliphatic heterocycles. The van der Waals surface area contributed by atoms with Crippen molar-refractivity contribution in [1.29, 1.82) is 0 Å². The average molecular weight is 705 g/mol. The number of benzene rings is 1. The highest BCUT2D eigenvalue weighted by molar-refractivity contribution is 5.90. The first-order valence-corrected chi connectivity index (χ1v) is 20.2. The lowest BCUT2D eigenvalue weighted by atomic mass is 9.98. The summed E-state index contributed by atoms with van der Waals surface area (Å²) >= 11 is 0. The van der Waals surface area contributed by atoms with Crippen molar-refractivity contribution in [2.75, 3.05) is 25.5 Å². The zero-order chi connectivity index (χ0) is 36.4. The van der Waals surface area contributed by atoms with E-state index in [1.165, 1.54) is 84.2 Å². The van der Waals surface area contributed by atoms with Crippen LogP contribution in [-0.2, 0) is 25.5 Å². The average Bonchev–Trinajstić information content (AvgIpc) is 3.11. The Labute approximate surface area is 303 Å². The summed E-state index contributed by atoms with van der Waals surface area (Å²) in [5.74, 6) is 0.0651. The molecule has 0 radical (unpaired) electrons. The fraction of sp³-hybridized carbons (Fsp3) is 0.805. The summed E-state index contributed by atoms with van der Waals surface area (Å²) in [5, 5.41) is 34.2. The first-order chi connectivity index (χ1) is 24.3. The molecule has 1 aliphatic rings. The summed E-state index contributed by atoms with van der Waals surface area (Å²) in [5.41, 5.74) is 1.97. The topological polar surface area (TPSA) is 129 Å². The molecule has 1 fully saturated rings. The first kappa shape index (κ1) is 44.1. The van der Waals surface area contributed by atoms with Crippen LogP contribution < -0.4 is 5.32 Å². The number of aliphatic hydroxyl groups excluding tert-OH is 3. The lowest BCUT2D eigenvalue weighted by Gasteiger charge is -2.41. The normalized spacial score (nSPS) is 20.6. The molecule has 288 valence electrons. The van der Waals surface area contributed by atoms with Gasteiger partial charge >= 0.3 is 0 Å². The highest BCUT2D eigenvalue weighted by atomic mass is 16.7. The van der Waals surface area contributed by atoms with Crippen LogP contribution in [0.4, 0.5) is 5.69 Å². The Bertz CT molecular complexity index is 1010. The highest BCUT2D eigenvalue weighted by Crippen LogP contribution is 2.23. The number of aryl methyl sites for hydroxylation is 1. The Morgan fingerprint density at radius 1 is 0.680 bits per heavy atom. The quantitative estimate of drug-likeness (QED) is 0.0621. The molecule has 0 aliphatic carbocycles. The van der Waals surface area contributed by atoms with Crippen LogP contribution in [0.1, 0.15) is 161 Å². The van der Waals surface area contributed by atoms with Gasteiger partial charge in [-0.1, -0.05) is 129 Å². The van der Waals surface area contributed by atoms with Gasteiger partial charge in [0.15, 0.2) is 6.29 Å². The minimum atomic E-state index is -1.42. The molecule has 5 atom stereocenters. The number of hydrogen-bond donors (Lipinski definition) is 4. The molecule has 1 aromatic rings. The number of aliphatic hydroxyl groups is 3. The fourth-order valence-electron chi connectivity index (χ4n) is 6.75. The molecule has 0 bridgehead atoms. The molecule has 9 heteroatoms. The number of rotatable bonds is 29. The van der Waals surface area contributed by atoms with Gasteiger partial charge in [0.2, 0.25) is 11.8 Å². The number of unbranched alkanes of at least 4 members (excludes halogenated alkanes) is 17. The van der Waals surface area contributed by atoms with Crippen molar-refractivity contribution in [3.8, 4) is 0 Å². The van der Waals surface area contributed by atoms with Gasteiger partial charge in [-0.2, -0.15) is 0 Å². The molecule has 2 amide bonds. The van der Waals surface area contributed by atoms with Crippen molar-refractivity contribution in [2.24, 2.45) is 0 Å². The third-order valence-corrected chi connectivity index (χ3v) is 10.0. The van der Waals surface area contributed by atoms with Crippen molar-refractivity contribution in [3.05, 3.63) is 29.8 Å². The summed E-state index contributed by atoms with van der Waals surface area (Å²) < 4.78 is 11.0. The van der Waals surface area contributed by atoms with Crippen molar-refractivity contribution in [2.45, 2.75) is 192 Å². The van der Waals surface area contributed by atoms with Crippen LogP contribution in [0.3, 0.4) is 0 Å². The second-order valence-corrected chi connectivity index (χ2v) is 14.4. The van der Waals surface area contributed by atoms with E-state index < -0.39 is 30.7 Å². The van der Waals surface area contributed by atoms with Crippen LogP contribution in [-0.4, -0.2) is 82.9 Å². The van der Waals surface area contributed by atoms with Crippen molar-refractivity contribution < 1.29 is 34.4 Å². The van der Waals surface area contributed by atoms with E-state index in [0.717, 1.165) is 69.0 Å². The van der Waals surface area contributed by atoms with Crippen LogP contribution in [0.5, 0.6) is 0 Å². The minimum absolute atomic E-state index is 0.0177. The zero-order valence-corrected chi connectivity index (χ0v) is 31.8. The molecule has 50 heavy (non-hydrogen) atoms. The number of anilines is 1. The molecular weight excluding hydrogens is 632 g/mol. The third-order valence-electron chi connectivity index (χ3n) is 10.0. The molecule has 1 saturated heterocycles.